The number of rotatable bonds is 4. The average molecular weight is 319 g/mol. The number of fused-ring (bicyclic) bond motifs is 3. The predicted molar refractivity (Wildman–Crippen MR) is 96.8 cm³/mol. The first kappa shape index (κ1) is 14.4. The Balaban J connectivity index is 1.49. The third-order valence-electron chi connectivity index (χ3n) is 5.63. The summed E-state index contributed by atoms with van der Waals surface area (Å²) in [7, 11) is 0. The Morgan fingerprint density at radius 3 is 3.04 bits per heavy atom. The van der Waals surface area contributed by atoms with Gasteiger partial charge in [-0.1, -0.05) is 0 Å². The molecular formula is C20H23N4. The molecule has 2 saturated carbocycles. The topological polar surface area (TPSA) is 53.6 Å². The summed E-state index contributed by atoms with van der Waals surface area (Å²) >= 11 is 0. The maximum absolute atomic E-state index is 4.55. The number of hydrogen-bond acceptors (Lipinski definition) is 3. The Kier molecular flexibility index (Phi) is 3.51. The fourth-order valence-corrected chi connectivity index (χ4v) is 4.13. The van der Waals surface area contributed by atoms with Gasteiger partial charge in [-0.15, -0.1) is 0 Å². The molecule has 4 heteroatoms. The SMILES string of the molecule is [CH]1CCC(c2ccnc3cnc4[nH]ccc4c23)CC1NCC1CC1. The molecule has 3 aromatic rings. The molecule has 0 bridgehead atoms. The van der Waals surface area contributed by atoms with Crippen LogP contribution in [0.2, 0.25) is 0 Å². The normalized spacial score (nSPS) is 24.7. The van der Waals surface area contributed by atoms with Gasteiger partial charge in [0.25, 0.3) is 0 Å². The molecule has 4 nitrogen and oxygen atoms in total. The van der Waals surface area contributed by atoms with Gasteiger partial charge in [0.1, 0.15) is 5.65 Å². The van der Waals surface area contributed by atoms with Gasteiger partial charge < -0.3 is 10.3 Å². The minimum atomic E-state index is 0.552. The van der Waals surface area contributed by atoms with Crippen LogP contribution in [0.15, 0.2) is 30.7 Å². The van der Waals surface area contributed by atoms with Crippen LogP contribution in [-0.4, -0.2) is 27.5 Å². The quantitative estimate of drug-likeness (QED) is 0.765. The summed E-state index contributed by atoms with van der Waals surface area (Å²) in [5, 5.41) is 6.26. The van der Waals surface area contributed by atoms with E-state index in [4.69, 9.17) is 0 Å². The summed E-state index contributed by atoms with van der Waals surface area (Å²) in [6, 6.07) is 4.91. The van der Waals surface area contributed by atoms with Crippen molar-refractivity contribution in [2.24, 2.45) is 5.92 Å². The molecule has 0 aliphatic heterocycles. The van der Waals surface area contributed by atoms with Crippen molar-refractivity contribution >= 4 is 21.9 Å². The van der Waals surface area contributed by atoms with Crippen LogP contribution in [0.3, 0.4) is 0 Å². The number of aromatic amines is 1. The van der Waals surface area contributed by atoms with Crippen LogP contribution in [0, 0.1) is 12.3 Å². The highest BCUT2D eigenvalue weighted by molar-refractivity contribution is 6.05. The van der Waals surface area contributed by atoms with E-state index in [9.17, 15) is 0 Å². The number of hydrogen-bond donors (Lipinski definition) is 2. The zero-order valence-corrected chi connectivity index (χ0v) is 13.8. The second-order valence-electron chi connectivity index (χ2n) is 7.36. The van der Waals surface area contributed by atoms with Crippen LogP contribution >= 0.6 is 0 Å². The van der Waals surface area contributed by atoms with Crippen LogP contribution in [-0.2, 0) is 0 Å². The lowest BCUT2D eigenvalue weighted by Crippen LogP contribution is -2.35. The molecule has 123 valence electrons. The van der Waals surface area contributed by atoms with Crippen molar-refractivity contribution < 1.29 is 0 Å². The molecule has 2 atom stereocenters. The van der Waals surface area contributed by atoms with Crippen LogP contribution < -0.4 is 5.32 Å². The van der Waals surface area contributed by atoms with E-state index in [0.717, 1.165) is 17.1 Å². The molecule has 0 saturated heterocycles. The third kappa shape index (κ3) is 2.59. The minimum absolute atomic E-state index is 0.552. The summed E-state index contributed by atoms with van der Waals surface area (Å²) in [4.78, 5) is 12.3. The van der Waals surface area contributed by atoms with E-state index in [2.05, 4.69) is 38.8 Å². The van der Waals surface area contributed by atoms with Crippen LogP contribution in [0.5, 0.6) is 0 Å². The first-order valence-electron chi connectivity index (χ1n) is 9.16. The molecule has 0 aromatic carbocycles. The van der Waals surface area contributed by atoms with Crippen molar-refractivity contribution in [1.82, 2.24) is 20.3 Å². The van der Waals surface area contributed by atoms with Gasteiger partial charge in [0.2, 0.25) is 0 Å². The second-order valence-corrected chi connectivity index (χ2v) is 7.36. The Morgan fingerprint density at radius 2 is 2.12 bits per heavy atom. The zero-order chi connectivity index (χ0) is 15.9. The lowest BCUT2D eigenvalue weighted by atomic mass is 9.80. The minimum Gasteiger partial charge on any atom is -0.346 e. The molecule has 2 aliphatic carbocycles. The van der Waals surface area contributed by atoms with Gasteiger partial charge in [-0.3, -0.25) is 4.98 Å². The van der Waals surface area contributed by atoms with Crippen molar-refractivity contribution in [3.8, 4) is 0 Å². The Labute approximate surface area is 142 Å². The van der Waals surface area contributed by atoms with Crippen molar-refractivity contribution in [2.45, 2.75) is 44.1 Å². The van der Waals surface area contributed by atoms with E-state index in [1.807, 2.05) is 18.6 Å². The molecule has 2 N–H and O–H groups in total. The van der Waals surface area contributed by atoms with Gasteiger partial charge in [-0.2, -0.15) is 0 Å². The van der Waals surface area contributed by atoms with E-state index in [1.54, 1.807) is 0 Å². The lowest BCUT2D eigenvalue weighted by molar-refractivity contribution is 0.402. The zero-order valence-electron chi connectivity index (χ0n) is 13.8. The molecule has 3 aromatic heterocycles. The van der Waals surface area contributed by atoms with Gasteiger partial charge in [-0.05, 0) is 74.6 Å². The number of nitrogens with one attached hydrogen (secondary N) is 2. The van der Waals surface area contributed by atoms with Gasteiger partial charge in [0.15, 0.2) is 0 Å². The third-order valence-corrected chi connectivity index (χ3v) is 5.63. The first-order chi connectivity index (χ1) is 11.9. The number of H-pyrrole nitrogens is 1. The first-order valence-corrected chi connectivity index (χ1v) is 9.16. The van der Waals surface area contributed by atoms with Gasteiger partial charge in [-0.25, -0.2) is 4.98 Å². The van der Waals surface area contributed by atoms with Crippen LogP contribution in [0.4, 0.5) is 0 Å². The molecular weight excluding hydrogens is 296 g/mol. The number of aromatic nitrogens is 3. The Bertz CT molecular complexity index is 864. The molecule has 2 unspecified atom stereocenters. The Morgan fingerprint density at radius 1 is 1.17 bits per heavy atom. The summed E-state index contributed by atoms with van der Waals surface area (Å²) < 4.78 is 0. The molecule has 0 spiro atoms. The Hall–Kier alpha value is -1.94. The summed E-state index contributed by atoms with van der Waals surface area (Å²) in [6.07, 6.45) is 14.7. The van der Waals surface area contributed by atoms with E-state index in [-0.39, 0.29) is 0 Å². The standard InChI is InChI=1S/C20H23N4/c1-2-14(10-15(3-1)23-11-13-4-5-13)16-6-8-21-18-12-24-20-17(19(16)18)7-9-22-20/h3,6-9,12-15,23H,1-2,4-5,10-11H2,(H,22,24). The van der Waals surface area contributed by atoms with Crippen molar-refractivity contribution in [2.75, 3.05) is 6.54 Å². The van der Waals surface area contributed by atoms with E-state index >= 15 is 0 Å². The van der Waals surface area contributed by atoms with Crippen molar-refractivity contribution in [3.63, 3.8) is 0 Å². The van der Waals surface area contributed by atoms with Gasteiger partial charge in [0, 0.05) is 29.2 Å². The highest BCUT2D eigenvalue weighted by atomic mass is 14.9. The molecule has 0 amide bonds. The molecule has 24 heavy (non-hydrogen) atoms. The summed E-state index contributed by atoms with van der Waals surface area (Å²) in [6.45, 7) is 1.19. The smallest absolute Gasteiger partial charge is 0.137 e. The van der Waals surface area contributed by atoms with Crippen molar-refractivity contribution in [3.05, 3.63) is 42.7 Å². The van der Waals surface area contributed by atoms with Crippen molar-refractivity contribution in [1.29, 1.82) is 0 Å². The van der Waals surface area contributed by atoms with Gasteiger partial charge in [0.05, 0.1) is 11.7 Å². The average Bonchev–Trinajstić information content (AvgIpc) is 3.34. The van der Waals surface area contributed by atoms with E-state index < -0.39 is 0 Å². The fraction of sp³-hybridized carbons (Fsp3) is 0.450. The van der Waals surface area contributed by atoms with Crippen LogP contribution in [0.1, 0.15) is 43.6 Å². The van der Waals surface area contributed by atoms with Crippen LogP contribution in [0.25, 0.3) is 21.9 Å². The van der Waals surface area contributed by atoms with E-state index in [1.165, 1.54) is 55.0 Å². The summed E-state index contributed by atoms with van der Waals surface area (Å²) in [5.41, 5.74) is 3.41. The summed E-state index contributed by atoms with van der Waals surface area (Å²) in [5.74, 6) is 1.53. The second kappa shape index (κ2) is 5.85. The largest absolute Gasteiger partial charge is 0.346 e. The van der Waals surface area contributed by atoms with E-state index in [0.29, 0.717) is 12.0 Å². The highest BCUT2D eigenvalue weighted by Crippen LogP contribution is 2.38. The number of nitrogens with zero attached hydrogens (tertiary/aromatic N) is 2. The lowest BCUT2D eigenvalue weighted by Gasteiger charge is -2.30. The molecule has 5 rings (SSSR count). The predicted octanol–water partition coefficient (Wildman–Crippen LogP) is 3.95. The molecule has 2 fully saturated rings. The molecule has 2 aliphatic rings. The monoisotopic (exact) mass is 319 g/mol. The maximum Gasteiger partial charge on any atom is 0.137 e. The van der Waals surface area contributed by atoms with Gasteiger partial charge >= 0.3 is 0 Å². The molecule has 1 radical (unpaired) electrons. The number of pyridine rings is 2. The maximum atomic E-state index is 4.55. The molecule has 3 heterocycles. The fourth-order valence-electron chi connectivity index (χ4n) is 4.13. The highest BCUT2D eigenvalue weighted by Gasteiger charge is 2.27.